The quantitative estimate of drug-likeness (QED) is 0.463. The SMILES string of the molecule is C/C=C\C(=O)OCCN(CC)CC. The monoisotopic (exact) mass is 185 g/mol. The van der Waals surface area contributed by atoms with Crippen LogP contribution in [0.2, 0.25) is 0 Å². The van der Waals surface area contributed by atoms with E-state index in [0.29, 0.717) is 6.61 Å². The lowest BCUT2D eigenvalue weighted by Crippen LogP contribution is -2.27. The number of carbonyl (C=O) groups is 1. The maximum absolute atomic E-state index is 10.9. The van der Waals surface area contributed by atoms with Crippen LogP contribution in [0.4, 0.5) is 0 Å². The number of allylic oxidation sites excluding steroid dienone is 1. The van der Waals surface area contributed by atoms with Crippen molar-refractivity contribution in [3.8, 4) is 0 Å². The fourth-order valence-corrected chi connectivity index (χ4v) is 0.999. The third-order valence-electron chi connectivity index (χ3n) is 1.85. The molecule has 0 amide bonds. The van der Waals surface area contributed by atoms with Crippen LogP contribution in [0.15, 0.2) is 12.2 Å². The molecule has 0 aliphatic heterocycles. The van der Waals surface area contributed by atoms with Gasteiger partial charge in [-0.3, -0.25) is 0 Å². The van der Waals surface area contributed by atoms with Crippen molar-refractivity contribution in [3.63, 3.8) is 0 Å². The van der Waals surface area contributed by atoms with Gasteiger partial charge in [0.05, 0.1) is 0 Å². The van der Waals surface area contributed by atoms with Gasteiger partial charge >= 0.3 is 5.97 Å². The van der Waals surface area contributed by atoms with Crippen LogP contribution in [0.1, 0.15) is 20.8 Å². The van der Waals surface area contributed by atoms with E-state index in [1.54, 1.807) is 13.0 Å². The van der Waals surface area contributed by atoms with Crippen molar-refractivity contribution in [2.45, 2.75) is 20.8 Å². The maximum atomic E-state index is 10.9. The highest BCUT2D eigenvalue weighted by Crippen LogP contribution is 1.88. The number of nitrogens with zero attached hydrogens (tertiary/aromatic N) is 1. The Morgan fingerprint density at radius 2 is 2.00 bits per heavy atom. The summed E-state index contributed by atoms with van der Waals surface area (Å²) in [5, 5.41) is 0. The molecule has 0 fully saturated rings. The number of carbonyl (C=O) groups excluding carboxylic acids is 1. The predicted molar refractivity (Wildman–Crippen MR) is 53.6 cm³/mol. The number of rotatable bonds is 6. The fraction of sp³-hybridized carbons (Fsp3) is 0.700. The van der Waals surface area contributed by atoms with Crippen LogP contribution in [-0.2, 0) is 9.53 Å². The Labute approximate surface area is 80.4 Å². The Kier molecular flexibility index (Phi) is 7.30. The molecule has 0 N–H and O–H groups in total. The predicted octanol–water partition coefficient (Wildman–Crippen LogP) is 1.45. The van der Waals surface area contributed by atoms with Gasteiger partial charge in [-0.05, 0) is 20.0 Å². The molecule has 3 heteroatoms. The van der Waals surface area contributed by atoms with Crippen molar-refractivity contribution in [3.05, 3.63) is 12.2 Å². The first-order valence-corrected chi connectivity index (χ1v) is 4.76. The highest BCUT2D eigenvalue weighted by Gasteiger charge is 2.00. The molecule has 76 valence electrons. The van der Waals surface area contributed by atoms with Gasteiger partial charge in [-0.1, -0.05) is 19.9 Å². The van der Waals surface area contributed by atoms with Crippen LogP contribution in [0.25, 0.3) is 0 Å². The first kappa shape index (κ1) is 12.2. The molecule has 0 rings (SSSR count). The lowest BCUT2D eigenvalue weighted by atomic mass is 10.5. The molecule has 0 aliphatic carbocycles. The van der Waals surface area contributed by atoms with Gasteiger partial charge in [0.2, 0.25) is 0 Å². The summed E-state index contributed by atoms with van der Waals surface area (Å²) in [6.07, 6.45) is 3.11. The first-order chi connectivity index (χ1) is 6.24. The van der Waals surface area contributed by atoms with E-state index >= 15 is 0 Å². The standard InChI is InChI=1S/C10H19NO2/c1-4-7-10(12)13-9-8-11(5-2)6-3/h4,7H,5-6,8-9H2,1-3H3/b7-4-. The summed E-state index contributed by atoms with van der Waals surface area (Å²) < 4.78 is 4.95. The average Bonchev–Trinajstić information content (AvgIpc) is 2.13. The number of ether oxygens (including phenoxy) is 1. The maximum Gasteiger partial charge on any atom is 0.330 e. The van der Waals surface area contributed by atoms with Crippen LogP contribution < -0.4 is 0 Å². The van der Waals surface area contributed by atoms with E-state index < -0.39 is 0 Å². The summed E-state index contributed by atoms with van der Waals surface area (Å²) in [4.78, 5) is 13.1. The number of esters is 1. The molecule has 0 heterocycles. The van der Waals surface area contributed by atoms with Crippen LogP contribution in [0.3, 0.4) is 0 Å². The fourth-order valence-electron chi connectivity index (χ4n) is 0.999. The van der Waals surface area contributed by atoms with Gasteiger partial charge in [0.1, 0.15) is 6.61 Å². The minimum Gasteiger partial charge on any atom is -0.461 e. The second-order valence-electron chi connectivity index (χ2n) is 2.69. The molecule has 0 spiro atoms. The Bertz CT molecular complexity index is 162. The molecule has 0 aliphatic rings. The Balaban J connectivity index is 3.48. The topological polar surface area (TPSA) is 29.5 Å². The first-order valence-electron chi connectivity index (χ1n) is 4.76. The molecule has 0 aromatic heterocycles. The molecule has 0 aromatic carbocycles. The van der Waals surface area contributed by atoms with Crippen molar-refractivity contribution in [1.82, 2.24) is 4.90 Å². The summed E-state index contributed by atoms with van der Waals surface area (Å²) in [6, 6.07) is 0. The smallest absolute Gasteiger partial charge is 0.330 e. The van der Waals surface area contributed by atoms with Gasteiger partial charge in [-0.2, -0.15) is 0 Å². The molecule has 0 saturated heterocycles. The van der Waals surface area contributed by atoms with E-state index in [1.807, 2.05) is 0 Å². The van der Waals surface area contributed by atoms with Gasteiger partial charge in [0, 0.05) is 12.6 Å². The highest BCUT2D eigenvalue weighted by molar-refractivity contribution is 5.81. The van der Waals surface area contributed by atoms with E-state index in [9.17, 15) is 4.79 Å². The van der Waals surface area contributed by atoms with E-state index in [0.717, 1.165) is 19.6 Å². The van der Waals surface area contributed by atoms with E-state index in [2.05, 4.69) is 18.7 Å². The number of hydrogen-bond acceptors (Lipinski definition) is 3. The molecule has 0 unspecified atom stereocenters. The zero-order chi connectivity index (χ0) is 10.1. The molecule has 0 radical (unpaired) electrons. The number of hydrogen-bond donors (Lipinski definition) is 0. The minimum absolute atomic E-state index is 0.255. The molecule has 0 bridgehead atoms. The lowest BCUT2D eigenvalue weighted by Gasteiger charge is -2.16. The van der Waals surface area contributed by atoms with Crippen molar-refractivity contribution in [1.29, 1.82) is 0 Å². The molecular weight excluding hydrogens is 166 g/mol. The summed E-state index contributed by atoms with van der Waals surface area (Å²) in [5.41, 5.74) is 0. The Morgan fingerprint density at radius 1 is 1.38 bits per heavy atom. The second kappa shape index (κ2) is 7.80. The van der Waals surface area contributed by atoms with E-state index in [4.69, 9.17) is 4.74 Å². The van der Waals surface area contributed by atoms with E-state index in [-0.39, 0.29) is 5.97 Å². The largest absolute Gasteiger partial charge is 0.461 e. The Morgan fingerprint density at radius 3 is 2.46 bits per heavy atom. The third kappa shape index (κ3) is 6.34. The van der Waals surface area contributed by atoms with Crippen molar-refractivity contribution in [2.24, 2.45) is 0 Å². The van der Waals surface area contributed by atoms with Gasteiger partial charge < -0.3 is 9.64 Å². The summed E-state index contributed by atoms with van der Waals surface area (Å²) >= 11 is 0. The molecule has 0 aromatic rings. The highest BCUT2D eigenvalue weighted by atomic mass is 16.5. The van der Waals surface area contributed by atoms with Gasteiger partial charge in [0.15, 0.2) is 0 Å². The van der Waals surface area contributed by atoms with Crippen LogP contribution in [0.5, 0.6) is 0 Å². The molecule has 0 saturated carbocycles. The molecule has 0 atom stereocenters. The number of likely N-dealkylation sites (N-methyl/N-ethyl adjacent to an activating group) is 1. The third-order valence-corrected chi connectivity index (χ3v) is 1.85. The van der Waals surface area contributed by atoms with Crippen LogP contribution in [-0.4, -0.2) is 37.1 Å². The van der Waals surface area contributed by atoms with Crippen molar-refractivity contribution >= 4 is 5.97 Å². The summed E-state index contributed by atoms with van der Waals surface area (Å²) in [6.45, 7) is 9.27. The summed E-state index contributed by atoms with van der Waals surface area (Å²) in [5.74, 6) is -0.255. The van der Waals surface area contributed by atoms with Gasteiger partial charge in [0.25, 0.3) is 0 Å². The van der Waals surface area contributed by atoms with Gasteiger partial charge in [-0.15, -0.1) is 0 Å². The lowest BCUT2D eigenvalue weighted by molar-refractivity contribution is -0.138. The molecule has 13 heavy (non-hydrogen) atoms. The van der Waals surface area contributed by atoms with Crippen molar-refractivity contribution in [2.75, 3.05) is 26.2 Å². The normalized spacial score (nSPS) is 11.1. The zero-order valence-corrected chi connectivity index (χ0v) is 8.75. The zero-order valence-electron chi connectivity index (χ0n) is 8.75. The van der Waals surface area contributed by atoms with Gasteiger partial charge in [-0.25, -0.2) is 4.79 Å². The molecule has 3 nitrogen and oxygen atoms in total. The molecular formula is C10H19NO2. The minimum atomic E-state index is -0.255. The average molecular weight is 185 g/mol. The Hall–Kier alpha value is -0.830. The van der Waals surface area contributed by atoms with Crippen LogP contribution >= 0.6 is 0 Å². The van der Waals surface area contributed by atoms with Crippen LogP contribution in [0, 0.1) is 0 Å². The van der Waals surface area contributed by atoms with E-state index in [1.165, 1.54) is 6.08 Å². The van der Waals surface area contributed by atoms with Crippen molar-refractivity contribution < 1.29 is 9.53 Å². The summed E-state index contributed by atoms with van der Waals surface area (Å²) in [7, 11) is 0. The second-order valence-corrected chi connectivity index (χ2v) is 2.69.